The summed E-state index contributed by atoms with van der Waals surface area (Å²) >= 11 is 0. The number of nitrogens with one attached hydrogen (secondary N) is 1. The van der Waals surface area contributed by atoms with E-state index in [0.717, 1.165) is 38.9 Å². The first kappa shape index (κ1) is 14.5. The topological polar surface area (TPSA) is 32.3 Å². The van der Waals surface area contributed by atoms with Gasteiger partial charge in [-0.1, -0.05) is 27.2 Å². The Morgan fingerprint density at radius 2 is 2.12 bits per heavy atom. The molecule has 2 unspecified atom stereocenters. The van der Waals surface area contributed by atoms with Gasteiger partial charge in [0.25, 0.3) is 0 Å². The molecule has 1 saturated heterocycles. The van der Waals surface area contributed by atoms with Gasteiger partial charge in [0.15, 0.2) is 0 Å². The molecule has 0 saturated carbocycles. The highest BCUT2D eigenvalue weighted by molar-refractivity contribution is 5.76. The third-order valence-electron chi connectivity index (χ3n) is 3.83. The molecular weight excluding hydrogens is 212 g/mol. The number of rotatable bonds is 7. The molecule has 1 aliphatic heterocycles. The molecule has 1 fully saturated rings. The van der Waals surface area contributed by atoms with Crippen molar-refractivity contribution < 1.29 is 4.79 Å². The number of piperidine rings is 1. The minimum absolute atomic E-state index is 0.350. The highest BCUT2D eigenvalue weighted by Gasteiger charge is 2.23. The zero-order valence-electron chi connectivity index (χ0n) is 11.7. The van der Waals surface area contributed by atoms with Crippen LogP contribution in [0.3, 0.4) is 0 Å². The average molecular weight is 240 g/mol. The highest BCUT2D eigenvalue weighted by Crippen LogP contribution is 2.15. The van der Waals surface area contributed by atoms with Crippen molar-refractivity contribution in [2.45, 2.75) is 58.9 Å². The summed E-state index contributed by atoms with van der Waals surface area (Å²) in [7, 11) is 0. The molecule has 0 aromatic heterocycles. The van der Waals surface area contributed by atoms with Gasteiger partial charge in [-0.05, 0) is 31.7 Å². The Morgan fingerprint density at radius 1 is 1.35 bits per heavy atom. The van der Waals surface area contributed by atoms with Crippen LogP contribution in [0.5, 0.6) is 0 Å². The van der Waals surface area contributed by atoms with Gasteiger partial charge in [-0.25, -0.2) is 0 Å². The van der Waals surface area contributed by atoms with Gasteiger partial charge in [0.2, 0.25) is 5.91 Å². The van der Waals surface area contributed by atoms with E-state index in [0.29, 0.717) is 17.9 Å². The summed E-state index contributed by atoms with van der Waals surface area (Å²) in [6.45, 7) is 9.60. The van der Waals surface area contributed by atoms with Crippen LogP contribution in [0.25, 0.3) is 0 Å². The molecule has 1 heterocycles. The number of carbonyl (C=O) groups excluding carboxylic acids is 1. The Morgan fingerprint density at radius 3 is 2.71 bits per heavy atom. The summed E-state index contributed by atoms with van der Waals surface area (Å²) in [4.78, 5) is 13.9. The number of hydrogen-bond acceptors (Lipinski definition) is 2. The number of amides is 1. The normalized spacial score (nSPS) is 20.4. The van der Waals surface area contributed by atoms with Crippen LogP contribution in [0.15, 0.2) is 0 Å². The Bertz CT molecular complexity index is 230. The van der Waals surface area contributed by atoms with E-state index >= 15 is 0 Å². The maximum absolute atomic E-state index is 11.8. The number of likely N-dealkylation sites (tertiary alicyclic amines) is 1. The van der Waals surface area contributed by atoms with Crippen molar-refractivity contribution in [1.82, 2.24) is 10.2 Å². The lowest BCUT2D eigenvalue weighted by Crippen LogP contribution is -2.48. The summed E-state index contributed by atoms with van der Waals surface area (Å²) < 4.78 is 0. The Hall–Kier alpha value is -0.570. The minimum atomic E-state index is 0.350. The van der Waals surface area contributed by atoms with Crippen molar-refractivity contribution in [3.63, 3.8) is 0 Å². The molecule has 1 N–H and O–H groups in total. The molecule has 0 aromatic carbocycles. The first-order valence-corrected chi connectivity index (χ1v) is 7.20. The van der Waals surface area contributed by atoms with E-state index in [-0.39, 0.29) is 0 Å². The summed E-state index contributed by atoms with van der Waals surface area (Å²) in [6.07, 6.45) is 5.32. The summed E-state index contributed by atoms with van der Waals surface area (Å²) in [5.74, 6) is 0.985. The molecule has 0 spiro atoms. The zero-order valence-corrected chi connectivity index (χ0v) is 11.7. The van der Waals surface area contributed by atoms with Crippen LogP contribution in [0.4, 0.5) is 0 Å². The van der Waals surface area contributed by atoms with Crippen LogP contribution >= 0.6 is 0 Å². The van der Waals surface area contributed by atoms with Crippen LogP contribution in [-0.2, 0) is 4.79 Å². The van der Waals surface area contributed by atoms with Gasteiger partial charge >= 0.3 is 0 Å². The SMILES string of the molecule is CCCNC(CN1CCCCC1=O)C(C)CC. The first-order valence-electron chi connectivity index (χ1n) is 7.20. The van der Waals surface area contributed by atoms with Gasteiger partial charge in [-0.2, -0.15) is 0 Å². The fraction of sp³-hybridized carbons (Fsp3) is 0.929. The molecule has 3 heteroatoms. The lowest BCUT2D eigenvalue weighted by molar-refractivity contribution is -0.133. The smallest absolute Gasteiger partial charge is 0.222 e. The summed E-state index contributed by atoms with van der Waals surface area (Å²) in [5.41, 5.74) is 0. The molecule has 0 aliphatic carbocycles. The second-order valence-corrected chi connectivity index (χ2v) is 5.24. The zero-order chi connectivity index (χ0) is 12.7. The molecule has 1 rings (SSSR count). The third-order valence-corrected chi connectivity index (χ3v) is 3.83. The predicted octanol–water partition coefficient (Wildman–Crippen LogP) is 2.41. The van der Waals surface area contributed by atoms with Gasteiger partial charge in [-0.15, -0.1) is 0 Å². The Balaban J connectivity index is 2.48. The van der Waals surface area contributed by atoms with Gasteiger partial charge in [-0.3, -0.25) is 4.79 Å². The van der Waals surface area contributed by atoms with Crippen molar-refractivity contribution in [1.29, 1.82) is 0 Å². The van der Waals surface area contributed by atoms with Gasteiger partial charge in [0.05, 0.1) is 0 Å². The second-order valence-electron chi connectivity index (χ2n) is 5.24. The van der Waals surface area contributed by atoms with Gasteiger partial charge in [0.1, 0.15) is 0 Å². The molecule has 1 aliphatic rings. The van der Waals surface area contributed by atoms with Crippen molar-refractivity contribution in [3.8, 4) is 0 Å². The standard InChI is InChI=1S/C14H28N2O/c1-4-9-15-13(12(3)5-2)11-16-10-7-6-8-14(16)17/h12-13,15H,4-11H2,1-3H3. The van der Waals surface area contributed by atoms with Gasteiger partial charge in [0, 0.05) is 25.6 Å². The lowest BCUT2D eigenvalue weighted by atomic mass is 9.97. The highest BCUT2D eigenvalue weighted by atomic mass is 16.2. The first-order chi connectivity index (χ1) is 8.19. The lowest BCUT2D eigenvalue weighted by Gasteiger charge is -2.33. The summed E-state index contributed by atoms with van der Waals surface area (Å²) in [5, 5.41) is 3.59. The Labute approximate surface area is 106 Å². The Kier molecular flexibility index (Phi) is 6.56. The van der Waals surface area contributed by atoms with Crippen LogP contribution < -0.4 is 5.32 Å². The fourth-order valence-corrected chi connectivity index (χ4v) is 2.35. The molecular formula is C14H28N2O. The molecule has 0 radical (unpaired) electrons. The van der Waals surface area contributed by atoms with Crippen LogP contribution in [0, 0.1) is 5.92 Å². The third kappa shape index (κ3) is 4.66. The predicted molar refractivity (Wildman–Crippen MR) is 72.0 cm³/mol. The van der Waals surface area contributed by atoms with Crippen molar-refractivity contribution in [2.24, 2.45) is 5.92 Å². The number of carbonyl (C=O) groups is 1. The van der Waals surface area contributed by atoms with E-state index in [2.05, 4.69) is 31.0 Å². The van der Waals surface area contributed by atoms with Gasteiger partial charge < -0.3 is 10.2 Å². The second kappa shape index (κ2) is 7.70. The number of nitrogens with zero attached hydrogens (tertiary/aromatic N) is 1. The fourth-order valence-electron chi connectivity index (χ4n) is 2.35. The van der Waals surface area contributed by atoms with E-state index in [9.17, 15) is 4.79 Å². The molecule has 3 nitrogen and oxygen atoms in total. The molecule has 0 aromatic rings. The van der Waals surface area contributed by atoms with E-state index < -0.39 is 0 Å². The van der Waals surface area contributed by atoms with E-state index in [1.807, 2.05) is 0 Å². The van der Waals surface area contributed by atoms with Crippen molar-refractivity contribution >= 4 is 5.91 Å². The molecule has 0 bridgehead atoms. The molecule has 100 valence electrons. The quantitative estimate of drug-likeness (QED) is 0.741. The molecule has 17 heavy (non-hydrogen) atoms. The van der Waals surface area contributed by atoms with E-state index in [4.69, 9.17) is 0 Å². The molecule has 1 amide bonds. The van der Waals surface area contributed by atoms with Crippen LogP contribution in [-0.4, -0.2) is 36.5 Å². The summed E-state index contributed by atoms with van der Waals surface area (Å²) in [6, 6.07) is 0.460. The van der Waals surface area contributed by atoms with Crippen molar-refractivity contribution in [3.05, 3.63) is 0 Å². The van der Waals surface area contributed by atoms with Crippen LogP contribution in [0.2, 0.25) is 0 Å². The minimum Gasteiger partial charge on any atom is -0.341 e. The monoisotopic (exact) mass is 240 g/mol. The molecule has 2 atom stereocenters. The van der Waals surface area contributed by atoms with Crippen LogP contribution in [0.1, 0.15) is 52.9 Å². The maximum Gasteiger partial charge on any atom is 0.222 e. The number of hydrogen-bond donors (Lipinski definition) is 1. The largest absolute Gasteiger partial charge is 0.341 e. The van der Waals surface area contributed by atoms with Crippen molar-refractivity contribution in [2.75, 3.05) is 19.6 Å². The van der Waals surface area contributed by atoms with E-state index in [1.54, 1.807) is 0 Å². The maximum atomic E-state index is 11.8. The van der Waals surface area contributed by atoms with E-state index in [1.165, 1.54) is 12.8 Å². The average Bonchev–Trinajstić information content (AvgIpc) is 2.35.